The Labute approximate surface area is 208 Å². The Morgan fingerprint density at radius 3 is 2.54 bits per heavy atom. The van der Waals surface area contributed by atoms with Crippen LogP contribution >= 0.6 is 0 Å². The van der Waals surface area contributed by atoms with Gasteiger partial charge in [0.1, 0.15) is 35.9 Å². The molecule has 1 saturated heterocycles. The number of hydrogen-bond donors (Lipinski definition) is 3. The summed E-state index contributed by atoms with van der Waals surface area (Å²) in [5.41, 5.74) is 7.87. The topological polar surface area (TPSA) is 115 Å². The van der Waals surface area contributed by atoms with Crippen LogP contribution in [0.4, 0.5) is 5.82 Å². The molecule has 0 radical (unpaired) electrons. The third-order valence-corrected chi connectivity index (χ3v) is 6.90. The zero-order valence-corrected chi connectivity index (χ0v) is 21.1. The molecule has 1 aliphatic carbocycles. The second-order valence-electron chi connectivity index (χ2n) is 9.52. The molecule has 1 aromatic heterocycles. The Balaban J connectivity index is 1.69. The summed E-state index contributed by atoms with van der Waals surface area (Å²) in [5, 5.41) is 13.0. The van der Waals surface area contributed by atoms with Crippen LogP contribution in [0.5, 0.6) is 11.5 Å². The van der Waals surface area contributed by atoms with Crippen molar-refractivity contribution >= 4 is 5.82 Å². The number of anilines is 1. The molecule has 9 heteroatoms. The molecule has 9 nitrogen and oxygen atoms in total. The van der Waals surface area contributed by atoms with Crippen molar-refractivity contribution in [1.29, 1.82) is 0 Å². The Hall–Kier alpha value is -2.46. The Morgan fingerprint density at radius 1 is 1.14 bits per heavy atom. The largest absolute Gasteiger partial charge is 0.497 e. The molecule has 2 heterocycles. The second-order valence-corrected chi connectivity index (χ2v) is 9.52. The normalized spacial score (nSPS) is 18.2. The predicted molar refractivity (Wildman–Crippen MR) is 136 cm³/mol. The van der Waals surface area contributed by atoms with E-state index in [0.29, 0.717) is 36.5 Å². The number of aliphatic hydroxyl groups is 1. The minimum atomic E-state index is -0.608. The summed E-state index contributed by atoms with van der Waals surface area (Å²) in [4.78, 5) is 12.2. The molecule has 2 unspecified atom stereocenters. The molecule has 0 amide bonds. The monoisotopic (exact) mass is 485 g/mol. The van der Waals surface area contributed by atoms with E-state index in [9.17, 15) is 5.11 Å². The number of likely N-dealkylation sites (N-methyl/N-ethyl adjacent to an activating group) is 1. The van der Waals surface area contributed by atoms with E-state index in [2.05, 4.69) is 17.3 Å². The van der Waals surface area contributed by atoms with Gasteiger partial charge in [-0.15, -0.1) is 0 Å². The van der Waals surface area contributed by atoms with Gasteiger partial charge in [0.25, 0.3) is 0 Å². The van der Waals surface area contributed by atoms with Crippen LogP contribution in [0.1, 0.15) is 37.4 Å². The second kappa shape index (κ2) is 12.0. The highest BCUT2D eigenvalue weighted by atomic mass is 16.5. The summed E-state index contributed by atoms with van der Waals surface area (Å²) in [6, 6.07) is 8.12. The van der Waals surface area contributed by atoms with Crippen molar-refractivity contribution in [3.05, 3.63) is 30.1 Å². The van der Waals surface area contributed by atoms with Crippen molar-refractivity contribution in [1.82, 2.24) is 15.3 Å². The van der Waals surface area contributed by atoms with E-state index >= 15 is 0 Å². The third-order valence-electron chi connectivity index (χ3n) is 6.90. The van der Waals surface area contributed by atoms with Gasteiger partial charge in [0, 0.05) is 63.0 Å². The fraction of sp³-hybridized carbons (Fsp3) is 0.615. The van der Waals surface area contributed by atoms with Gasteiger partial charge in [0.2, 0.25) is 0 Å². The number of nitrogens with two attached hydrogens (primary N) is 1. The molecule has 0 spiro atoms. The molecule has 4 rings (SSSR count). The number of benzene rings is 1. The van der Waals surface area contributed by atoms with E-state index < -0.39 is 6.10 Å². The lowest BCUT2D eigenvalue weighted by Crippen LogP contribution is -2.37. The molecule has 35 heavy (non-hydrogen) atoms. The first-order valence-corrected chi connectivity index (χ1v) is 12.6. The van der Waals surface area contributed by atoms with Gasteiger partial charge in [0.05, 0.1) is 12.8 Å². The molecule has 0 bridgehead atoms. The van der Waals surface area contributed by atoms with E-state index in [4.69, 9.17) is 29.9 Å². The highest BCUT2D eigenvalue weighted by Gasteiger charge is 2.34. The van der Waals surface area contributed by atoms with Crippen molar-refractivity contribution in [2.75, 3.05) is 59.0 Å². The third kappa shape index (κ3) is 6.61. The number of aromatic nitrogens is 2. The molecule has 192 valence electrons. The van der Waals surface area contributed by atoms with E-state index in [0.717, 1.165) is 49.0 Å². The smallest absolute Gasteiger partial charge is 0.136 e. The van der Waals surface area contributed by atoms with Gasteiger partial charge >= 0.3 is 0 Å². The number of nitrogens with one attached hydrogen (secondary N) is 1. The lowest BCUT2D eigenvalue weighted by atomic mass is 10.0. The highest BCUT2D eigenvalue weighted by molar-refractivity contribution is 5.67. The lowest BCUT2D eigenvalue weighted by molar-refractivity contribution is 0.0853. The zero-order valence-electron chi connectivity index (χ0n) is 21.1. The summed E-state index contributed by atoms with van der Waals surface area (Å²) in [7, 11) is 5.53. The van der Waals surface area contributed by atoms with Gasteiger partial charge in [-0.3, -0.25) is 0 Å². The average Bonchev–Trinajstić information content (AvgIpc) is 3.73. The van der Waals surface area contributed by atoms with Crippen molar-refractivity contribution < 1.29 is 19.3 Å². The fourth-order valence-electron chi connectivity index (χ4n) is 4.62. The molecule has 2 atom stereocenters. The van der Waals surface area contributed by atoms with Crippen LogP contribution in [0, 0.1) is 5.92 Å². The number of aliphatic hydroxyl groups excluding tert-OH is 1. The van der Waals surface area contributed by atoms with E-state index in [1.54, 1.807) is 14.2 Å². The van der Waals surface area contributed by atoms with Crippen molar-refractivity contribution in [3.63, 3.8) is 0 Å². The maximum atomic E-state index is 10.1. The summed E-state index contributed by atoms with van der Waals surface area (Å²) >= 11 is 0. The van der Waals surface area contributed by atoms with Crippen LogP contribution in [0.3, 0.4) is 0 Å². The minimum absolute atomic E-state index is 0.148. The van der Waals surface area contributed by atoms with Crippen LogP contribution in [-0.2, 0) is 4.74 Å². The van der Waals surface area contributed by atoms with E-state index in [1.807, 2.05) is 24.3 Å². The number of rotatable bonds is 12. The molecule has 2 aromatic rings. The average molecular weight is 486 g/mol. The van der Waals surface area contributed by atoms with Crippen molar-refractivity contribution in [2.24, 2.45) is 11.7 Å². The summed E-state index contributed by atoms with van der Waals surface area (Å²) in [5.74, 6) is 3.68. The first-order valence-electron chi connectivity index (χ1n) is 12.6. The van der Waals surface area contributed by atoms with Crippen LogP contribution in [0.15, 0.2) is 24.3 Å². The zero-order chi connectivity index (χ0) is 24.8. The van der Waals surface area contributed by atoms with Crippen LogP contribution < -0.4 is 25.4 Å². The van der Waals surface area contributed by atoms with Gasteiger partial charge in [-0.1, -0.05) is 0 Å². The Morgan fingerprint density at radius 2 is 1.89 bits per heavy atom. The van der Waals surface area contributed by atoms with Gasteiger partial charge in [-0.2, -0.15) is 0 Å². The molecule has 1 saturated carbocycles. The molecule has 1 aliphatic heterocycles. The van der Waals surface area contributed by atoms with Gasteiger partial charge in [-0.05, 0) is 50.8 Å². The number of ether oxygens (including phenoxy) is 3. The van der Waals surface area contributed by atoms with Crippen LogP contribution in [-0.4, -0.2) is 81.3 Å². The quantitative estimate of drug-likeness (QED) is 0.416. The number of hydrogen-bond acceptors (Lipinski definition) is 9. The Kier molecular flexibility index (Phi) is 8.78. The predicted octanol–water partition coefficient (Wildman–Crippen LogP) is 2.18. The van der Waals surface area contributed by atoms with Gasteiger partial charge in [-0.25, -0.2) is 9.97 Å². The summed E-state index contributed by atoms with van der Waals surface area (Å²) < 4.78 is 17.0. The van der Waals surface area contributed by atoms with E-state index in [1.165, 1.54) is 12.8 Å². The first-order chi connectivity index (χ1) is 17.0. The number of methoxy groups -OCH3 is 1. The molecule has 4 N–H and O–H groups in total. The number of nitrogens with zero attached hydrogens (tertiary/aromatic N) is 3. The first kappa shape index (κ1) is 25.6. The summed E-state index contributed by atoms with van der Waals surface area (Å²) in [6.07, 6.45) is 3.68. The SMILES string of the molecule is CNCC(O)COc1cc(OC)cc(-c2cc(N(C)C3CCOCC3)nc(C(CN)C3CC3)n2)c1. The molecule has 2 aliphatic rings. The maximum Gasteiger partial charge on any atom is 0.136 e. The van der Waals surface area contributed by atoms with Crippen molar-refractivity contribution in [2.45, 2.75) is 43.7 Å². The highest BCUT2D eigenvalue weighted by Crippen LogP contribution is 2.42. The fourth-order valence-corrected chi connectivity index (χ4v) is 4.62. The van der Waals surface area contributed by atoms with Gasteiger partial charge < -0.3 is 35.3 Å². The maximum absolute atomic E-state index is 10.1. The Bertz CT molecular complexity index is 965. The molecule has 1 aromatic carbocycles. The van der Waals surface area contributed by atoms with Gasteiger partial charge in [0.15, 0.2) is 0 Å². The molecule has 2 fully saturated rings. The minimum Gasteiger partial charge on any atom is -0.497 e. The molecular weight excluding hydrogens is 446 g/mol. The lowest BCUT2D eigenvalue weighted by Gasteiger charge is -2.32. The van der Waals surface area contributed by atoms with E-state index in [-0.39, 0.29) is 12.5 Å². The standard InChI is InChI=1S/C26H39N5O4/c1-28-15-20(32)16-35-22-11-18(10-21(12-22)33-3)24-13-25(31(2)19-6-8-34-9-7-19)30-26(29-24)23(14-27)17-4-5-17/h10-13,17,19-20,23,28,32H,4-9,14-16,27H2,1-3H3. The van der Waals surface area contributed by atoms with Crippen LogP contribution in [0.25, 0.3) is 11.3 Å². The summed E-state index contributed by atoms with van der Waals surface area (Å²) in [6.45, 7) is 2.70. The van der Waals surface area contributed by atoms with Crippen LogP contribution in [0.2, 0.25) is 0 Å². The molecular formula is C26H39N5O4. The van der Waals surface area contributed by atoms with Crippen molar-refractivity contribution in [3.8, 4) is 22.8 Å².